The molecule has 4 rings (SSSR count). The molecule has 2 unspecified atom stereocenters. The first-order valence-corrected chi connectivity index (χ1v) is 13.3. The SMILES string of the molecule is COC1C[C@@H]2[C@H](O1)C(OC(C)=O)C[C@H]2O[Si](c1ccccc1)(c1ccccc1)C(C)(C)C. The minimum Gasteiger partial charge on any atom is -0.460 e. The fourth-order valence-electron chi connectivity index (χ4n) is 5.49. The van der Waals surface area contributed by atoms with Crippen molar-refractivity contribution in [2.45, 2.75) is 70.2 Å². The van der Waals surface area contributed by atoms with Crippen LogP contribution >= 0.6 is 0 Å². The standard InChI is InChI=1S/C26H34O5Si/c1-18(27)29-23-17-22(21-16-24(28-5)30-25(21)23)31-32(26(2,3)4,19-12-8-6-9-13-19)20-14-10-7-11-15-20/h6-15,21-25H,16-17H2,1-5H3/t21-,22+,23?,24?,25-/m0/s1. The maximum atomic E-state index is 11.8. The molecule has 2 fully saturated rings. The first kappa shape index (κ1) is 23.2. The fourth-order valence-corrected chi connectivity index (χ4v) is 10.2. The number of ether oxygens (including phenoxy) is 3. The predicted octanol–water partition coefficient (Wildman–Crippen LogP) is 3.64. The van der Waals surface area contributed by atoms with Gasteiger partial charge in [-0.1, -0.05) is 81.4 Å². The minimum atomic E-state index is -2.71. The van der Waals surface area contributed by atoms with Crippen LogP contribution in [0.4, 0.5) is 0 Å². The maximum absolute atomic E-state index is 11.8. The lowest BCUT2D eigenvalue weighted by Crippen LogP contribution is -2.68. The van der Waals surface area contributed by atoms with Gasteiger partial charge < -0.3 is 18.6 Å². The van der Waals surface area contributed by atoms with Gasteiger partial charge in [0.2, 0.25) is 0 Å². The van der Waals surface area contributed by atoms with E-state index >= 15 is 0 Å². The van der Waals surface area contributed by atoms with Crippen LogP contribution in [0.3, 0.4) is 0 Å². The van der Waals surface area contributed by atoms with Gasteiger partial charge in [-0.3, -0.25) is 4.79 Å². The van der Waals surface area contributed by atoms with Crippen LogP contribution in [0.2, 0.25) is 5.04 Å². The third-order valence-corrected chi connectivity index (χ3v) is 11.9. The van der Waals surface area contributed by atoms with Crippen LogP contribution in [0, 0.1) is 5.92 Å². The molecule has 32 heavy (non-hydrogen) atoms. The van der Waals surface area contributed by atoms with E-state index in [9.17, 15) is 4.79 Å². The van der Waals surface area contributed by atoms with E-state index in [1.54, 1.807) is 7.11 Å². The van der Waals surface area contributed by atoms with E-state index in [0.29, 0.717) is 6.42 Å². The number of rotatable bonds is 6. The molecule has 0 spiro atoms. The number of hydrogen-bond acceptors (Lipinski definition) is 5. The van der Waals surface area contributed by atoms with Crippen molar-refractivity contribution in [2.24, 2.45) is 5.92 Å². The summed E-state index contributed by atoms with van der Waals surface area (Å²) in [5, 5.41) is 2.37. The monoisotopic (exact) mass is 454 g/mol. The van der Waals surface area contributed by atoms with Crippen molar-refractivity contribution < 1.29 is 23.4 Å². The number of carbonyl (C=O) groups excluding carboxylic acids is 1. The van der Waals surface area contributed by atoms with Crippen LogP contribution in [-0.2, 0) is 23.4 Å². The zero-order valence-corrected chi connectivity index (χ0v) is 20.6. The molecule has 2 aliphatic rings. The van der Waals surface area contributed by atoms with Crippen LogP contribution in [0.25, 0.3) is 0 Å². The number of methoxy groups -OCH3 is 1. The summed E-state index contributed by atoms with van der Waals surface area (Å²) in [5.74, 6) is -0.171. The van der Waals surface area contributed by atoms with Crippen molar-refractivity contribution in [3.8, 4) is 0 Å². The van der Waals surface area contributed by atoms with E-state index in [1.165, 1.54) is 17.3 Å². The van der Waals surface area contributed by atoms with Gasteiger partial charge in [-0.15, -0.1) is 0 Å². The highest BCUT2D eigenvalue weighted by Gasteiger charge is 2.58. The summed E-state index contributed by atoms with van der Waals surface area (Å²) in [6.07, 6.45) is 0.467. The lowest BCUT2D eigenvalue weighted by Gasteiger charge is -2.45. The molecule has 5 atom stereocenters. The summed E-state index contributed by atoms with van der Waals surface area (Å²) in [5.41, 5.74) is 0. The Labute approximate surface area is 192 Å². The first-order valence-electron chi connectivity index (χ1n) is 11.4. The van der Waals surface area contributed by atoms with Crippen LogP contribution < -0.4 is 10.4 Å². The third kappa shape index (κ3) is 4.17. The average molecular weight is 455 g/mol. The largest absolute Gasteiger partial charge is 0.460 e. The zero-order chi connectivity index (χ0) is 22.9. The number of carbonyl (C=O) groups is 1. The molecule has 2 aromatic rings. The van der Waals surface area contributed by atoms with Crippen molar-refractivity contribution in [2.75, 3.05) is 7.11 Å². The molecule has 1 saturated heterocycles. The van der Waals surface area contributed by atoms with Crippen molar-refractivity contribution >= 4 is 24.7 Å². The van der Waals surface area contributed by atoms with Gasteiger partial charge in [-0.2, -0.15) is 0 Å². The minimum absolute atomic E-state index is 0.0872. The van der Waals surface area contributed by atoms with Gasteiger partial charge in [0.1, 0.15) is 12.2 Å². The Kier molecular flexibility index (Phi) is 6.59. The second-order valence-electron chi connectivity index (χ2n) is 9.87. The van der Waals surface area contributed by atoms with E-state index < -0.39 is 8.32 Å². The van der Waals surface area contributed by atoms with Gasteiger partial charge >= 0.3 is 5.97 Å². The Balaban J connectivity index is 1.78. The van der Waals surface area contributed by atoms with Gasteiger partial charge in [-0.25, -0.2) is 0 Å². The van der Waals surface area contributed by atoms with Crippen molar-refractivity contribution in [3.05, 3.63) is 60.7 Å². The van der Waals surface area contributed by atoms with Gasteiger partial charge in [0, 0.05) is 32.8 Å². The molecule has 0 amide bonds. The molecule has 1 aliphatic carbocycles. The van der Waals surface area contributed by atoms with Gasteiger partial charge in [0.15, 0.2) is 6.29 Å². The number of esters is 1. The molecule has 5 nitrogen and oxygen atoms in total. The first-order chi connectivity index (χ1) is 15.3. The van der Waals surface area contributed by atoms with E-state index in [1.807, 2.05) is 12.1 Å². The predicted molar refractivity (Wildman–Crippen MR) is 126 cm³/mol. The number of hydrogen-bond donors (Lipinski definition) is 0. The normalized spacial score (nSPS) is 27.8. The molecule has 6 heteroatoms. The quantitative estimate of drug-likeness (QED) is 0.493. The fraction of sp³-hybridized carbons (Fsp3) is 0.500. The molecule has 0 N–H and O–H groups in total. The maximum Gasteiger partial charge on any atom is 0.302 e. The molecule has 1 saturated carbocycles. The zero-order valence-electron chi connectivity index (χ0n) is 19.6. The van der Waals surface area contributed by atoms with Gasteiger partial charge in [-0.05, 0) is 15.4 Å². The van der Waals surface area contributed by atoms with Gasteiger partial charge in [0.25, 0.3) is 8.32 Å². The molecule has 1 aliphatic heterocycles. The van der Waals surface area contributed by atoms with E-state index in [2.05, 4.69) is 69.3 Å². The summed E-state index contributed by atoms with van der Waals surface area (Å²) >= 11 is 0. The molecule has 0 bridgehead atoms. The van der Waals surface area contributed by atoms with E-state index in [-0.39, 0.29) is 41.5 Å². The second-order valence-corrected chi connectivity index (χ2v) is 14.1. The topological polar surface area (TPSA) is 54.0 Å². The Bertz CT molecular complexity index is 871. The average Bonchev–Trinajstić information content (AvgIpc) is 3.32. The molecule has 172 valence electrons. The van der Waals surface area contributed by atoms with Crippen molar-refractivity contribution in [1.82, 2.24) is 0 Å². The lowest BCUT2D eigenvalue weighted by molar-refractivity contribution is -0.166. The Morgan fingerprint density at radius 1 is 0.938 bits per heavy atom. The molecule has 1 heterocycles. The number of fused-ring (bicyclic) bond motifs is 1. The molecule has 0 aromatic heterocycles. The van der Waals surface area contributed by atoms with Gasteiger partial charge in [0.05, 0.1) is 6.10 Å². The highest BCUT2D eigenvalue weighted by molar-refractivity contribution is 6.99. The van der Waals surface area contributed by atoms with E-state index in [0.717, 1.165) is 6.42 Å². The van der Waals surface area contributed by atoms with Crippen molar-refractivity contribution in [1.29, 1.82) is 0 Å². The molecule has 0 radical (unpaired) electrons. The third-order valence-electron chi connectivity index (χ3n) is 6.83. The molecular formula is C26H34O5Si. The second kappa shape index (κ2) is 9.10. The molecular weight excluding hydrogens is 420 g/mol. The van der Waals surface area contributed by atoms with Crippen LogP contribution in [-0.4, -0.2) is 46.0 Å². The summed E-state index contributed by atoms with van der Waals surface area (Å²) < 4.78 is 24.7. The van der Waals surface area contributed by atoms with Crippen molar-refractivity contribution in [3.63, 3.8) is 0 Å². The molecule has 2 aromatic carbocycles. The lowest BCUT2D eigenvalue weighted by atomic mass is 10.0. The summed E-state index contributed by atoms with van der Waals surface area (Å²) in [4.78, 5) is 11.8. The van der Waals surface area contributed by atoms with Crippen LogP contribution in [0.5, 0.6) is 0 Å². The van der Waals surface area contributed by atoms with Crippen LogP contribution in [0.15, 0.2) is 60.7 Å². The highest BCUT2D eigenvalue weighted by atomic mass is 28.4. The smallest absolute Gasteiger partial charge is 0.302 e. The van der Waals surface area contributed by atoms with E-state index in [4.69, 9.17) is 18.6 Å². The Morgan fingerprint density at radius 2 is 1.50 bits per heavy atom. The van der Waals surface area contributed by atoms with Crippen LogP contribution in [0.1, 0.15) is 40.5 Å². The summed E-state index contributed by atoms with van der Waals surface area (Å²) in [6, 6.07) is 21.3. The Morgan fingerprint density at radius 3 is 1.97 bits per heavy atom. The summed E-state index contributed by atoms with van der Waals surface area (Å²) in [7, 11) is -1.06. The highest BCUT2D eigenvalue weighted by Crippen LogP contribution is 2.46. The Hall–Kier alpha value is -1.99. The number of benzene rings is 2. The summed E-state index contributed by atoms with van der Waals surface area (Å²) in [6.45, 7) is 8.28.